The molecule has 2 heterocycles. The second kappa shape index (κ2) is 6.39. The Bertz CT molecular complexity index is 569. The molecule has 0 unspecified atom stereocenters. The third-order valence-electron chi connectivity index (χ3n) is 2.01. The molecule has 0 N–H and O–H groups in total. The Morgan fingerprint density at radius 1 is 1.53 bits per heavy atom. The monoisotopic (exact) mass is 262 g/mol. The first-order valence-corrected chi connectivity index (χ1v) is 5.45. The topological polar surface area (TPSA) is 72.9 Å². The average molecular weight is 262 g/mol. The van der Waals surface area contributed by atoms with Crippen molar-refractivity contribution in [3.05, 3.63) is 48.8 Å². The van der Waals surface area contributed by atoms with E-state index in [2.05, 4.69) is 26.8 Å². The molecule has 0 amide bonds. The van der Waals surface area contributed by atoms with Crippen LogP contribution < -0.4 is 4.74 Å². The van der Waals surface area contributed by atoms with Gasteiger partial charge in [-0.1, -0.05) is 12.7 Å². The third kappa shape index (κ3) is 3.70. The molecule has 2 aromatic heterocycles. The average Bonchev–Trinajstić information content (AvgIpc) is 2.92. The number of hydrogen-bond donors (Lipinski definition) is 0. The van der Waals surface area contributed by atoms with Crippen molar-refractivity contribution in [1.82, 2.24) is 9.97 Å². The summed E-state index contributed by atoms with van der Waals surface area (Å²) >= 11 is 0. The van der Waals surface area contributed by atoms with Crippen LogP contribution in [0.3, 0.4) is 0 Å². The molecule has 98 valence electrons. The Balaban J connectivity index is 2.05. The smallest absolute Gasteiger partial charge is 0.318 e. The van der Waals surface area contributed by atoms with Gasteiger partial charge < -0.3 is 9.15 Å². The number of hydrogen-bond acceptors (Lipinski definition) is 6. The SMILES string of the molecule is C=CCOc1ncc(F)c(N=NCc2ccco2)n1. The number of furan rings is 1. The highest BCUT2D eigenvalue weighted by molar-refractivity contribution is 5.27. The van der Waals surface area contributed by atoms with Gasteiger partial charge >= 0.3 is 6.01 Å². The minimum absolute atomic E-state index is 0.0215. The van der Waals surface area contributed by atoms with Gasteiger partial charge in [-0.05, 0) is 12.1 Å². The number of ether oxygens (including phenoxy) is 1. The molecule has 0 aliphatic heterocycles. The summed E-state index contributed by atoms with van der Waals surface area (Å²) in [6, 6.07) is 3.50. The van der Waals surface area contributed by atoms with Crippen molar-refractivity contribution < 1.29 is 13.5 Å². The van der Waals surface area contributed by atoms with Crippen LogP contribution in [0.25, 0.3) is 0 Å². The molecule has 0 atom stereocenters. The number of aromatic nitrogens is 2. The molecule has 0 saturated carbocycles. The fraction of sp³-hybridized carbons (Fsp3) is 0.167. The Labute approximate surface area is 108 Å². The molecular formula is C12H11FN4O2. The van der Waals surface area contributed by atoms with Crippen LogP contribution in [0.5, 0.6) is 6.01 Å². The second-order valence-corrected chi connectivity index (χ2v) is 3.40. The summed E-state index contributed by atoms with van der Waals surface area (Å²) in [5, 5.41) is 7.47. The number of nitrogens with zero attached hydrogens (tertiary/aromatic N) is 4. The molecule has 2 aromatic rings. The van der Waals surface area contributed by atoms with E-state index < -0.39 is 5.82 Å². The lowest BCUT2D eigenvalue weighted by atomic mass is 10.5. The molecule has 0 aliphatic carbocycles. The molecule has 0 bridgehead atoms. The van der Waals surface area contributed by atoms with Gasteiger partial charge in [-0.3, -0.25) is 0 Å². The highest BCUT2D eigenvalue weighted by atomic mass is 19.1. The third-order valence-corrected chi connectivity index (χ3v) is 2.01. The number of rotatable bonds is 6. The Hall–Kier alpha value is -2.57. The molecule has 0 radical (unpaired) electrons. The summed E-state index contributed by atoms with van der Waals surface area (Å²) in [5.74, 6) is -0.226. The lowest BCUT2D eigenvalue weighted by Gasteiger charge is -2.01. The molecule has 0 aliphatic rings. The van der Waals surface area contributed by atoms with Gasteiger partial charge in [0, 0.05) is 0 Å². The second-order valence-electron chi connectivity index (χ2n) is 3.40. The van der Waals surface area contributed by atoms with Crippen molar-refractivity contribution in [2.45, 2.75) is 6.54 Å². The van der Waals surface area contributed by atoms with Crippen molar-refractivity contribution in [2.75, 3.05) is 6.61 Å². The molecule has 19 heavy (non-hydrogen) atoms. The van der Waals surface area contributed by atoms with Crippen LogP contribution in [0, 0.1) is 5.82 Å². The van der Waals surface area contributed by atoms with Gasteiger partial charge in [0.2, 0.25) is 5.82 Å². The first kappa shape index (κ1) is 12.9. The normalized spacial score (nSPS) is 10.8. The maximum atomic E-state index is 13.4. The number of azo groups is 1. The summed E-state index contributed by atoms with van der Waals surface area (Å²) in [4.78, 5) is 7.44. The van der Waals surface area contributed by atoms with Crippen LogP contribution in [0.4, 0.5) is 10.2 Å². The van der Waals surface area contributed by atoms with Crippen LogP contribution in [0.2, 0.25) is 0 Å². The first-order valence-electron chi connectivity index (χ1n) is 5.45. The zero-order valence-corrected chi connectivity index (χ0v) is 9.99. The maximum Gasteiger partial charge on any atom is 0.318 e. The van der Waals surface area contributed by atoms with E-state index in [-0.39, 0.29) is 25.0 Å². The van der Waals surface area contributed by atoms with Gasteiger partial charge in [0.05, 0.1) is 12.5 Å². The molecule has 7 heteroatoms. The lowest BCUT2D eigenvalue weighted by molar-refractivity contribution is 0.331. The predicted molar refractivity (Wildman–Crippen MR) is 64.6 cm³/mol. The van der Waals surface area contributed by atoms with Crippen molar-refractivity contribution >= 4 is 5.82 Å². The van der Waals surface area contributed by atoms with Crippen LogP contribution in [0.1, 0.15) is 5.76 Å². The summed E-state index contributed by atoms with van der Waals surface area (Å²) in [7, 11) is 0. The van der Waals surface area contributed by atoms with E-state index in [4.69, 9.17) is 9.15 Å². The van der Waals surface area contributed by atoms with Crippen LogP contribution in [-0.4, -0.2) is 16.6 Å². The summed E-state index contributed by atoms with van der Waals surface area (Å²) in [5.41, 5.74) is 0. The standard InChI is InChI=1S/C12H11FN4O2/c1-2-5-19-12-14-8-10(13)11(16-12)17-15-7-9-4-3-6-18-9/h2-4,6,8H,1,5,7H2. The Morgan fingerprint density at radius 3 is 3.16 bits per heavy atom. The summed E-state index contributed by atoms with van der Waals surface area (Å²) < 4.78 is 23.5. The van der Waals surface area contributed by atoms with Gasteiger partial charge in [0.15, 0.2) is 5.82 Å². The lowest BCUT2D eigenvalue weighted by Crippen LogP contribution is -1.98. The largest absolute Gasteiger partial charge is 0.467 e. The summed E-state index contributed by atoms with van der Waals surface area (Å²) in [6.45, 7) is 3.93. The predicted octanol–water partition coefficient (Wildman–Crippen LogP) is 3.06. The van der Waals surface area contributed by atoms with E-state index in [0.29, 0.717) is 5.76 Å². The molecule has 0 spiro atoms. The number of halogens is 1. The van der Waals surface area contributed by atoms with Gasteiger partial charge in [-0.15, -0.1) is 5.11 Å². The van der Waals surface area contributed by atoms with E-state index in [1.807, 2.05) is 0 Å². The van der Waals surface area contributed by atoms with Gasteiger partial charge in [0.1, 0.15) is 18.9 Å². The van der Waals surface area contributed by atoms with Crippen molar-refractivity contribution in [2.24, 2.45) is 10.2 Å². The molecule has 0 fully saturated rings. The van der Waals surface area contributed by atoms with E-state index in [1.54, 1.807) is 12.1 Å². The highest BCUT2D eigenvalue weighted by Crippen LogP contribution is 2.17. The van der Waals surface area contributed by atoms with Crippen LogP contribution >= 0.6 is 0 Å². The van der Waals surface area contributed by atoms with E-state index in [1.165, 1.54) is 12.3 Å². The van der Waals surface area contributed by atoms with Crippen molar-refractivity contribution in [1.29, 1.82) is 0 Å². The minimum Gasteiger partial charge on any atom is -0.467 e. The van der Waals surface area contributed by atoms with E-state index in [9.17, 15) is 4.39 Å². The van der Waals surface area contributed by atoms with E-state index >= 15 is 0 Å². The van der Waals surface area contributed by atoms with Crippen molar-refractivity contribution in [3.63, 3.8) is 0 Å². The van der Waals surface area contributed by atoms with Gasteiger partial charge in [-0.2, -0.15) is 10.1 Å². The van der Waals surface area contributed by atoms with Crippen LogP contribution in [-0.2, 0) is 6.54 Å². The molecule has 0 saturated heterocycles. The maximum absolute atomic E-state index is 13.4. The highest BCUT2D eigenvalue weighted by Gasteiger charge is 2.06. The fourth-order valence-electron chi connectivity index (χ4n) is 1.19. The minimum atomic E-state index is -0.672. The van der Waals surface area contributed by atoms with Gasteiger partial charge in [0.25, 0.3) is 0 Å². The quantitative estimate of drug-likeness (QED) is 0.592. The zero-order valence-electron chi connectivity index (χ0n) is 9.99. The molecular weight excluding hydrogens is 251 g/mol. The Kier molecular flexibility index (Phi) is 4.33. The zero-order chi connectivity index (χ0) is 13.5. The summed E-state index contributed by atoms with van der Waals surface area (Å²) in [6.07, 6.45) is 4.04. The van der Waals surface area contributed by atoms with E-state index in [0.717, 1.165) is 6.20 Å². The van der Waals surface area contributed by atoms with Crippen LogP contribution in [0.15, 0.2) is 51.9 Å². The van der Waals surface area contributed by atoms with Gasteiger partial charge in [-0.25, -0.2) is 9.37 Å². The Morgan fingerprint density at radius 2 is 2.42 bits per heavy atom. The molecule has 6 nitrogen and oxygen atoms in total. The molecule has 2 rings (SSSR count). The fourth-order valence-corrected chi connectivity index (χ4v) is 1.19. The van der Waals surface area contributed by atoms with Crippen molar-refractivity contribution in [3.8, 4) is 6.01 Å². The molecule has 0 aromatic carbocycles. The first-order chi connectivity index (χ1) is 9.29.